The Hall–Kier alpha value is -3.60. The van der Waals surface area contributed by atoms with Crippen molar-refractivity contribution in [3.8, 4) is 16.9 Å². The molecular formula is C28H28N2O7. The zero-order valence-electron chi connectivity index (χ0n) is 20.1. The number of nitrogens with zero attached hydrogens (tertiary/aromatic N) is 2. The molecule has 5 atom stereocenters. The van der Waals surface area contributed by atoms with Crippen molar-refractivity contribution in [2.24, 2.45) is 0 Å². The fraction of sp³-hybridized carbons (Fsp3) is 0.286. The molecule has 0 bridgehead atoms. The molecule has 1 aliphatic heterocycles. The molecule has 0 radical (unpaired) electrons. The molecule has 9 nitrogen and oxygen atoms in total. The van der Waals surface area contributed by atoms with Crippen LogP contribution < -0.4 is 10.3 Å². The highest BCUT2D eigenvalue weighted by Crippen LogP contribution is 2.30. The van der Waals surface area contributed by atoms with Gasteiger partial charge in [-0.15, -0.1) is 0 Å². The molecule has 2 aromatic heterocycles. The van der Waals surface area contributed by atoms with Gasteiger partial charge in [-0.3, -0.25) is 9.78 Å². The third-order valence-corrected chi connectivity index (χ3v) is 6.65. The van der Waals surface area contributed by atoms with Crippen molar-refractivity contribution in [3.63, 3.8) is 0 Å². The van der Waals surface area contributed by atoms with E-state index < -0.39 is 37.3 Å². The summed E-state index contributed by atoms with van der Waals surface area (Å²) in [5, 5.41) is 41.1. The second-order valence-electron chi connectivity index (χ2n) is 9.21. The van der Waals surface area contributed by atoms with Gasteiger partial charge in [-0.25, -0.2) is 0 Å². The Bertz CT molecular complexity index is 1450. The predicted octanol–water partition coefficient (Wildman–Crippen LogP) is 1.60. The Morgan fingerprint density at radius 1 is 1.00 bits per heavy atom. The van der Waals surface area contributed by atoms with Crippen LogP contribution in [-0.4, -0.2) is 67.3 Å². The fourth-order valence-corrected chi connectivity index (χ4v) is 4.52. The molecule has 1 fully saturated rings. The highest BCUT2D eigenvalue weighted by atomic mass is 16.7. The fourth-order valence-electron chi connectivity index (χ4n) is 4.52. The summed E-state index contributed by atoms with van der Waals surface area (Å²) in [5.41, 5.74) is 3.29. The number of aliphatic hydroxyl groups is 4. The van der Waals surface area contributed by atoms with Crippen LogP contribution in [0, 0.1) is 6.92 Å². The SMILES string of the molecule is Cc1cc(-c2ccc3ccn(Cc4cccnc4)c(=O)c3c2)ccc1O[C@H]1O[C@@H](CO)[C@@H](O)[C@H](O)[C@H]1O. The van der Waals surface area contributed by atoms with E-state index in [9.17, 15) is 25.2 Å². The van der Waals surface area contributed by atoms with Crippen LogP contribution in [0.5, 0.6) is 5.75 Å². The third-order valence-electron chi connectivity index (χ3n) is 6.65. The largest absolute Gasteiger partial charge is 0.462 e. The van der Waals surface area contributed by atoms with E-state index >= 15 is 0 Å². The molecule has 0 unspecified atom stereocenters. The van der Waals surface area contributed by atoms with Gasteiger partial charge in [-0.05, 0) is 64.9 Å². The number of pyridine rings is 2. The number of benzene rings is 2. The number of hydrogen-bond donors (Lipinski definition) is 4. The minimum atomic E-state index is -1.52. The Kier molecular flexibility index (Phi) is 7.05. The highest BCUT2D eigenvalue weighted by Gasteiger charge is 2.44. The summed E-state index contributed by atoms with van der Waals surface area (Å²) in [6.07, 6.45) is -1.56. The Morgan fingerprint density at radius 2 is 1.78 bits per heavy atom. The van der Waals surface area contributed by atoms with Crippen molar-refractivity contribution in [3.05, 3.63) is 94.7 Å². The molecule has 9 heteroatoms. The molecule has 0 aliphatic carbocycles. The zero-order valence-corrected chi connectivity index (χ0v) is 20.1. The molecule has 0 amide bonds. The minimum Gasteiger partial charge on any atom is -0.462 e. The predicted molar refractivity (Wildman–Crippen MR) is 136 cm³/mol. The van der Waals surface area contributed by atoms with Crippen LogP contribution >= 0.6 is 0 Å². The normalized spacial score (nSPS) is 23.8. The number of aliphatic hydroxyl groups excluding tert-OH is 4. The van der Waals surface area contributed by atoms with Crippen LogP contribution in [0.1, 0.15) is 11.1 Å². The van der Waals surface area contributed by atoms with E-state index in [1.807, 2.05) is 55.5 Å². The summed E-state index contributed by atoms with van der Waals surface area (Å²) in [6, 6.07) is 16.8. The van der Waals surface area contributed by atoms with E-state index in [0.717, 1.165) is 27.6 Å². The second-order valence-corrected chi connectivity index (χ2v) is 9.21. The summed E-state index contributed by atoms with van der Waals surface area (Å²) < 4.78 is 12.9. The number of fused-ring (bicyclic) bond motifs is 1. The first kappa shape index (κ1) is 25.1. The van der Waals surface area contributed by atoms with Gasteiger partial charge in [0.2, 0.25) is 6.29 Å². The molecule has 37 heavy (non-hydrogen) atoms. The first-order valence-electron chi connectivity index (χ1n) is 12.0. The minimum absolute atomic E-state index is 0.0949. The van der Waals surface area contributed by atoms with Crippen molar-refractivity contribution < 1.29 is 29.9 Å². The monoisotopic (exact) mass is 504 g/mol. The van der Waals surface area contributed by atoms with Gasteiger partial charge in [-0.1, -0.05) is 24.3 Å². The zero-order chi connectivity index (χ0) is 26.1. The summed E-state index contributed by atoms with van der Waals surface area (Å²) in [4.78, 5) is 17.3. The Morgan fingerprint density at radius 3 is 2.51 bits per heavy atom. The van der Waals surface area contributed by atoms with E-state index in [0.29, 0.717) is 17.7 Å². The van der Waals surface area contributed by atoms with E-state index in [-0.39, 0.29) is 5.56 Å². The molecule has 1 aliphatic rings. The van der Waals surface area contributed by atoms with Crippen molar-refractivity contribution in [2.75, 3.05) is 6.61 Å². The van der Waals surface area contributed by atoms with Crippen molar-refractivity contribution in [1.82, 2.24) is 9.55 Å². The number of aromatic nitrogens is 2. The molecular weight excluding hydrogens is 476 g/mol. The number of rotatable bonds is 6. The molecule has 0 spiro atoms. The van der Waals surface area contributed by atoms with Gasteiger partial charge in [0, 0.05) is 24.0 Å². The average molecular weight is 505 g/mol. The molecule has 0 saturated carbocycles. The van der Waals surface area contributed by atoms with Gasteiger partial charge < -0.3 is 34.5 Å². The van der Waals surface area contributed by atoms with Gasteiger partial charge in [-0.2, -0.15) is 0 Å². The summed E-state index contributed by atoms with van der Waals surface area (Å²) >= 11 is 0. The van der Waals surface area contributed by atoms with Crippen molar-refractivity contribution in [2.45, 2.75) is 44.2 Å². The lowest BCUT2D eigenvalue weighted by atomic mass is 9.99. The lowest BCUT2D eigenvalue weighted by molar-refractivity contribution is -0.277. The lowest BCUT2D eigenvalue weighted by Gasteiger charge is -2.39. The molecule has 1 saturated heterocycles. The maximum Gasteiger partial charge on any atom is 0.258 e. The molecule has 3 heterocycles. The van der Waals surface area contributed by atoms with E-state index in [2.05, 4.69) is 4.98 Å². The molecule has 5 rings (SSSR count). The number of ether oxygens (including phenoxy) is 2. The summed E-state index contributed by atoms with van der Waals surface area (Å²) in [6.45, 7) is 1.72. The summed E-state index contributed by atoms with van der Waals surface area (Å²) in [5.74, 6) is 0.410. The van der Waals surface area contributed by atoms with Crippen molar-refractivity contribution >= 4 is 10.8 Å². The molecule has 4 N–H and O–H groups in total. The molecule has 192 valence electrons. The number of hydrogen-bond acceptors (Lipinski definition) is 8. The van der Waals surface area contributed by atoms with E-state index in [1.54, 1.807) is 29.2 Å². The molecule has 4 aromatic rings. The summed E-state index contributed by atoms with van der Waals surface area (Å²) in [7, 11) is 0. The van der Waals surface area contributed by atoms with Gasteiger partial charge in [0.15, 0.2) is 0 Å². The van der Waals surface area contributed by atoms with Crippen molar-refractivity contribution in [1.29, 1.82) is 0 Å². The third kappa shape index (κ3) is 5.00. The first-order chi connectivity index (χ1) is 17.9. The van der Waals surface area contributed by atoms with Gasteiger partial charge >= 0.3 is 0 Å². The Labute approximate surface area is 212 Å². The topological polar surface area (TPSA) is 134 Å². The van der Waals surface area contributed by atoms with Gasteiger partial charge in [0.05, 0.1) is 13.2 Å². The van der Waals surface area contributed by atoms with E-state index in [4.69, 9.17) is 9.47 Å². The van der Waals surface area contributed by atoms with Gasteiger partial charge in [0.1, 0.15) is 30.2 Å². The maximum atomic E-state index is 13.2. The van der Waals surface area contributed by atoms with Gasteiger partial charge in [0.25, 0.3) is 5.56 Å². The van der Waals surface area contributed by atoms with Crippen LogP contribution in [0.4, 0.5) is 0 Å². The second kappa shape index (κ2) is 10.4. The van der Waals surface area contributed by atoms with Crippen LogP contribution in [0.25, 0.3) is 21.9 Å². The quantitative estimate of drug-likeness (QED) is 0.311. The van der Waals surface area contributed by atoms with Crippen LogP contribution in [0.15, 0.2) is 78.0 Å². The standard InChI is InChI=1S/C28H28N2O7/c1-16-11-19(6-7-22(16)36-28-26(34)25(33)24(32)23(15-31)37-28)20-5-4-18-8-10-30(27(35)21(18)12-20)14-17-3-2-9-29-13-17/h2-13,23-26,28,31-34H,14-15H2,1H3/t23-,24+,25-,26+,28-/m0/s1. The van der Waals surface area contributed by atoms with E-state index in [1.165, 1.54) is 0 Å². The van der Waals surface area contributed by atoms with Crippen LogP contribution in [0.3, 0.4) is 0 Å². The molecule has 2 aromatic carbocycles. The smallest absolute Gasteiger partial charge is 0.258 e. The number of aryl methyl sites for hydroxylation is 1. The average Bonchev–Trinajstić information content (AvgIpc) is 2.92. The van der Waals surface area contributed by atoms with Crippen LogP contribution in [0.2, 0.25) is 0 Å². The maximum absolute atomic E-state index is 13.2. The highest BCUT2D eigenvalue weighted by molar-refractivity contribution is 5.86. The lowest BCUT2D eigenvalue weighted by Crippen LogP contribution is -2.60. The van der Waals surface area contributed by atoms with Crippen LogP contribution in [-0.2, 0) is 11.3 Å². The Balaban J connectivity index is 1.40. The first-order valence-corrected chi connectivity index (χ1v) is 12.0.